The molecule has 1 amide bonds. The van der Waals surface area contributed by atoms with E-state index in [0.717, 1.165) is 25.4 Å². The molecular weight excluding hydrogens is 360 g/mol. The van der Waals surface area contributed by atoms with Gasteiger partial charge in [-0.1, -0.05) is 31.0 Å². The molecule has 5 nitrogen and oxygen atoms in total. The Kier molecular flexibility index (Phi) is 5.35. The van der Waals surface area contributed by atoms with E-state index >= 15 is 0 Å². The van der Waals surface area contributed by atoms with Crippen LogP contribution in [0.2, 0.25) is 0 Å². The molecule has 3 fully saturated rings. The fourth-order valence-corrected chi connectivity index (χ4v) is 5.76. The lowest BCUT2D eigenvalue weighted by Gasteiger charge is -2.42. The predicted molar refractivity (Wildman–Crippen MR) is 117 cm³/mol. The minimum Gasteiger partial charge on any atom is -0.352 e. The van der Waals surface area contributed by atoms with Crippen LogP contribution >= 0.6 is 0 Å². The third-order valence-corrected chi connectivity index (χ3v) is 7.35. The minimum absolute atomic E-state index is 0.150. The van der Waals surface area contributed by atoms with Crippen LogP contribution in [0.1, 0.15) is 51.0 Å². The summed E-state index contributed by atoms with van der Waals surface area (Å²) in [5.74, 6) is 0.150. The van der Waals surface area contributed by atoms with Gasteiger partial charge in [-0.15, -0.1) is 0 Å². The normalized spacial score (nSPS) is 26.2. The maximum atomic E-state index is 12.6. The Labute approximate surface area is 174 Å². The summed E-state index contributed by atoms with van der Waals surface area (Å²) in [4.78, 5) is 18.0. The molecular formula is C24H34N4O. The molecule has 0 radical (unpaired) electrons. The van der Waals surface area contributed by atoms with E-state index in [1.54, 1.807) is 0 Å². The number of fused-ring (bicyclic) bond motifs is 2. The van der Waals surface area contributed by atoms with E-state index in [2.05, 4.69) is 57.1 Å². The number of hydrogen-bond donors (Lipinski definition) is 1. The highest BCUT2D eigenvalue weighted by atomic mass is 16.2. The van der Waals surface area contributed by atoms with E-state index in [-0.39, 0.29) is 5.91 Å². The van der Waals surface area contributed by atoms with E-state index in [4.69, 9.17) is 0 Å². The lowest BCUT2D eigenvalue weighted by Crippen LogP contribution is -2.54. The highest BCUT2D eigenvalue weighted by Crippen LogP contribution is 2.28. The maximum absolute atomic E-state index is 12.6. The number of amides is 1. The third-order valence-electron chi connectivity index (χ3n) is 7.35. The zero-order chi connectivity index (χ0) is 19.8. The van der Waals surface area contributed by atoms with Crippen molar-refractivity contribution in [3.8, 4) is 0 Å². The smallest absolute Gasteiger partial charge is 0.240 e. The van der Waals surface area contributed by atoms with Gasteiger partial charge < -0.3 is 9.88 Å². The second-order valence-corrected chi connectivity index (χ2v) is 9.42. The van der Waals surface area contributed by atoms with Gasteiger partial charge >= 0.3 is 0 Å². The molecule has 2 saturated heterocycles. The lowest BCUT2D eigenvalue weighted by molar-refractivity contribution is -0.122. The molecule has 29 heavy (non-hydrogen) atoms. The molecule has 1 aliphatic carbocycles. The summed E-state index contributed by atoms with van der Waals surface area (Å²) < 4.78 is 2.16. The Bertz CT molecular complexity index is 869. The summed E-state index contributed by atoms with van der Waals surface area (Å²) in [7, 11) is 0. The number of rotatable bonds is 5. The van der Waals surface area contributed by atoms with Gasteiger partial charge in [-0.3, -0.25) is 14.6 Å². The van der Waals surface area contributed by atoms with Gasteiger partial charge in [0.25, 0.3) is 0 Å². The van der Waals surface area contributed by atoms with Crippen LogP contribution < -0.4 is 5.32 Å². The van der Waals surface area contributed by atoms with E-state index in [1.807, 2.05) is 0 Å². The number of carbonyl (C=O) groups excluding carboxylic acids is 1. The van der Waals surface area contributed by atoms with Gasteiger partial charge in [-0.2, -0.15) is 0 Å². The molecule has 0 spiro atoms. The van der Waals surface area contributed by atoms with E-state index < -0.39 is 0 Å². The monoisotopic (exact) mass is 394 g/mol. The standard InChI is InChI=1S/C24H34N4O/c1-18-13-26-12-6-9-21(26)16-27(18)14-19-15-28(23-11-5-4-10-22(19)23)17-24(29)25-20-7-2-3-8-20/h4-5,10-11,15,18,20-21H,2-3,6-9,12-14,16-17H2,1H3,(H,25,29)/t18-,21+/m0/s1. The second-order valence-electron chi connectivity index (χ2n) is 9.42. The van der Waals surface area contributed by atoms with E-state index in [9.17, 15) is 4.79 Å². The van der Waals surface area contributed by atoms with Crippen LogP contribution in [-0.2, 0) is 17.9 Å². The topological polar surface area (TPSA) is 40.5 Å². The third kappa shape index (κ3) is 3.95. The summed E-state index contributed by atoms with van der Waals surface area (Å²) in [6, 6.07) is 10.3. The number of benzene rings is 1. The Hall–Kier alpha value is -1.85. The first-order valence-electron chi connectivity index (χ1n) is 11.5. The Morgan fingerprint density at radius 2 is 1.93 bits per heavy atom. The Morgan fingerprint density at radius 1 is 1.10 bits per heavy atom. The average Bonchev–Trinajstić information content (AvgIpc) is 3.44. The van der Waals surface area contributed by atoms with Crippen LogP contribution in [0, 0.1) is 0 Å². The molecule has 2 aromatic rings. The molecule has 5 heteroatoms. The van der Waals surface area contributed by atoms with Crippen LogP contribution in [0.3, 0.4) is 0 Å². The number of carbonyl (C=O) groups is 1. The molecule has 1 saturated carbocycles. The quantitative estimate of drug-likeness (QED) is 0.845. The Balaban J connectivity index is 1.33. The summed E-state index contributed by atoms with van der Waals surface area (Å²) >= 11 is 0. The highest BCUT2D eigenvalue weighted by Gasteiger charge is 2.34. The molecule has 156 valence electrons. The lowest BCUT2D eigenvalue weighted by atomic mass is 10.1. The largest absolute Gasteiger partial charge is 0.352 e. The zero-order valence-corrected chi connectivity index (χ0v) is 17.6. The number of aromatic nitrogens is 1. The molecule has 0 unspecified atom stereocenters. The van der Waals surface area contributed by atoms with Gasteiger partial charge in [0.05, 0.1) is 0 Å². The summed E-state index contributed by atoms with van der Waals surface area (Å²) in [6.45, 7) is 7.39. The Morgan fingerprint density at radius 3 is 2.79 bits per heavy atom. The van der Waals surface area contributed by atoms with Crippen molar-refractivity contribution in [3.05, 3.63) is 36.0 Å². The van der Waals surface area contributed by atoms with Crippen LogP contribution in [0.4, 0.5) is 0 Å². The summed E-state index contributed by atoms with van der Waals surface area (Å²) in [5, 5.41) is 4.53. The van der Waals surface area contributed by atoms with Crippen molar-refractivity contribution in [2.24, 2.45) is 0 Å². The van der Waals surface area contributed by atoms with Gasteiger partial charge in [0.2, 0.25) is 5.91 Å². The van der Waals surface area contributed by atoms with Crippen molar-refractivity contribution in [3.63, 3.8) is 0 Å². The van der Waals surface area contributed by atoms with Crippen molar-refractivity contribution in [2.45, 2.75) is 76.7 Å². The van der Waals surface area contributed by atoms with Crippen LogP contribution in [0.5, 0.6) is 0 Å². The summed E-state index contributed by atoms with van der Waals surface area (Å²) in [5.41, 5.74) is 2.53. The van der Waals surface area contributed by atoms with E-state index in [0.29, 0.717) is 18.6 Å². The zero-order valence-electron chi connectivity index (χ0n) is 17.6. The molecule has 5 rings (SSSR count). The van der Waals surface area contributed by atoms with Gasteiger partial charge in [-0.05, 0) is 50.8 Å². The average molecular weight is 395 g/mol. The summed E-state index contributed by atoms with van der Waals surface area (Å²) in [6.07, 6.45) is 9.67. The first kappa shape index (κ1) is 19.1. The SMILES string of the molecule is C[C@H]1CN2CCC[C@@H]2CN1Cc1cn(CC(=O)NC2CCCC2)c2ccccc12. The van der Waals surface area contributed by atoms with Crippen LogP contribution in [0.15, 0.2) is 30.5 Å². The molecule has 1 aromatic heterocycles. The van der Waals surface area contributed by atoms with E-state index in [1.165, 1.54) is 61.8 Å². The first-order valence-corrected chi connectivity index (χ1v) is 11.5. The van der Waals surface area contributed by atoms with Crippen molar-refractivity contribution in [1.82, 2.24) is 19.7 Å². The molecule has 1 aromatic carbocycles. The molecule has 2 atom stereocenters. The first-order chi connectivity index (χ1) is 14.2. The van der Waals surface area contributed by atoms with Crippen molar-refractivity contribution in [1.29, 1.82) is 0 Å². The number of nitrogens with zero attached hydrogens (tertiary/aromatic N) is 3. The number of para-hydroxylation sites is 1. The highest BCUT2D eigenvalue weighted by molar-refractivity contribution is 5.86. The van der Waals surface area contributed by atoms with Gasteiger partial charge in [0, 0.05) is 54.9 Å². The van der Waals surface area contributed by atoms with Crippen molar-refractivity contribution in [2.75, 3.05) is 19.6 Å². The maximum Gasteiger partial charge on any atom is 0.240 e. The van der Waals surface area contributed by atoms with Crippen molar-refractivity contribution >= 4 is 16.8 Å². The number of hydrogen-bond acceptors (Lipinski definition) is 3. The minimum atomic E-state index is 0.150. The second kappa shape index (κ2) is 8.11. The van der Waals surface area contributed by atoms with Crippen LogP contribution in [0.25, 0.3) is 10.9 Å². The molecule has 2 aliphatic heterocycles. The fraction of sp³-hybridized carbons (Fsp3) is 0.625. The molecule has 3 heterocycles. The molecule has 3 aliphatic rings. The van der Waals surface area contributed by atoms with Crippen molar-refractivity contribution < 1.29 is 4.79 Å². The molecule has 1 N–H and O–H groups in total. The number of piperazine rings is 1. The number of nitrogens with one attached hydrogen (secondary N) is 1. The predicted octanol–water partition coefficient (Wildman–Crippen LogP) is 3.37. The van der Waals surface area contributed by atoms with Gasteiger partial charge in [0.15, 0.2) is 0 Å². The fourth-order valence-electron chi connectivity index (χ4n) is 5.76. The molecule has 0 bridgehead atoms. The van der Waals surface area contributed by atoms with Gasteiger partial charge in [-0.25, -0.2) is 0 Å². The van der Waals surface area contributed by atoms with Gasteiger partial charge in [0.1, 0.15) is 6.54 Å². The van der Waals surface area contributed by atoms with Crippen LogP contribution in [-0.4, -0.2) is 58.0 Å².